The summed E-state index contributed by atoms with van der Waals surface area (Å²) in [5.74, 6) is -0.175. The number of carbonyl (C=O) groups is 1. The van der Waals surface area contributed by atoms with Crippen molar-refractivity contribution in [3.8, 4) is 0 Å². The van der Waals surface area contributed by atoms with Gasteiger partial charge in [0, 0.05) is 5.92 Å². The Morgan fingerprint density at radius 1 is 1.73 bits per heavy atom. The molecular formula is C9H15NO. The zero-order valence-electron chi connectivity index (χ0n) is 7.35. The molecule has 0 saturated carbocycles. The van der Waals surface area contributed by atoms with Gasteiger partial charge in [0.2, 0.25) is 5.91 Å². The van der Waals surface area contributed by atoms with Crippen LogP contribution in [0.25, 0.3) is 0 Å². The van der Waals surface area contributed by atoms with E-state index in [1.165, 1.54) is 5.57 Å². The summed E-state index contributed by atoms with van der Waals surface area (Å²) in [5, 5.41) is 0. The van der Waals surface area contributed by atoms with Crippen molar-refractivity contribution in [1.82, 2.24) is 0 Å². The minimum Gasteiger partial charge on any atom is -0.369 e. The molecule has 1 unspecified atom stereocenters. The SMILES string of the molecule is CC1=CCC(C(N)=O)C1(C)C. The Morgan fingerprint density at radius 2 is 2.27 bits per heavy atom. The Morgan fingerprint density at radius 3 is 2.45 bits per heavy atom. The van der Waals surface area contributed by atoms with Crippen LogP contribution in [0.1, 0.15) is 27.2 Å². The Balaban J connectivity index is 2.86. The van der Waals surface area contributed by atoms with Crippen molar-refractivity contribution >= 4 is 5.91 Å². The van der Waals surface area contributed by atoms with Gasteiger partial charge in [-0.25, -0.2) is 0 Å². The fraction of sp³-hybridized carbons (Fsp3) is 0.667. The molecule has 1 aliphatic rings. The number of primary amides is 1. The largest absolute Gasteiger partial charge is 0.369 e. The summed E-state index contributed by atoms with van der Waals surface area (Å²) in [6, 6.07) is 0. The molecule has 2 heteroatoms. The lowest BCUT2D eigenvalue weighted by Crippen LogP contribution is -2.32. The van der Waals surface area contributed by atoms with Gasteiger partial charge in [-0.3, -0.25) is 4.79 Å². The lowest BCUT2D eigenvalue weighted by molar-refractivity contribution is -0.123. The van der Waals surface area contributed by atoms with E-state index in [1.807, 2.05) is 0 Å². The Hall–Kier alpha value is -0.790. The molecule has 1 aliphatic carbocycles. The molecule has 0 aliphatic heterocycles. The summed E-state index contributed by atoms with van der Waals surface area (Å²) in [6.07, 6.45) is 2.92. The summed E-state index contributed by atoms with van der Waals surface area (Å²) in [4.78, 5) is 11.0. The van der Waals surface area contributed by atoms with Crippen LogP contribution in [-0.2, 0) is 4.79 Å². The van der Waals surface area contributed by atoms with Crippen molar-refractivity contribution in [2.24, 2.45) is 17.1 Å². The van der Waals surface area contributed by atoms with Crippen molar-refractivity contribution in [2.75, 3.05) is 0 Å². The first-order valence-corrected chi connectivity index (χ1v) is 3.93. The molecule has 1 amide bonds. The molecule has 1 rings (SSSR count). The highest BCUT2D eigenvalue weighted by Gasteiger charge is 2.38. The molecule has 0 aromatic carbocycles. The first-order valence-electron chi connectivity index (χ1n) is 3.93. The van der Waals surface area contributed by atoms with Gasteiger partial charge < -0.3 is 5.73 Å². The maximum Gasteiger partial charge on any atom is 0.221 e. The van der Waals surface area contributed by atoms with Crippen LogP contribution in [0, 0.1) is 11.3 Å². The van der Waals surface area contributed by atoms with E-state index in [9.17, 15) is 4.79 Å². The van der Waals surface area contributed by atoms with E-state index in [0.717, 1.165) is 6.42 Å². The van der Waals surface area contributed by atoms with E-state index < -0.39 is 0 Å². The Labute approximate surface area is 67.5 Å². The highest BCUT2D eigenvalue weighted by molar-refractivity contribution is 5.79. The maximum absolute atomic E-state index is 11.0. The Bertz CT molecular complexity index is 216. The van der Waals surface area contributed by atoms with Crippen LogP contribution >= 0.6 is 0 Å². The van der Waals surface area contributed by atoms with Crippen molar-refractivity contribution in [3.05, 3.63) is 11.6 Å². The molecule has 0 fully saturated rings. The number of allylic oxidation sites excluding steroid dienone is 2. The van der Waals surface area contributed by atoms with Crippen LogP contribution in [0.4, 0.5) is 0 Å². The Kier molecular flexibility index (Phi) is 1.78. The van der Waals surface area contributed by atoms with Gasteiger partial charge in [0.25, 0.3) is 0 Å². The number of hydrogen-bond acceptors (Lipinski definition) is 1. The molecule has 11 heavy (non-hydrogen) atoms. The van der Waals surface area contributed by atoms with E-state index in [4.69, 9.17) is 5.73 Å². The number of amides is 1. The molecule has 0 heterocycles. The molecule has 0 aromatic heterocycles. The second-order valence-electron chi connectivity index (χ2n) is 3.80. The molecule has 2 N–H and O–H groups in total. The quantitative estimate of drug-likeness (QED) is 0.569. The van der Waals surface area contributed by atoms with Gasteiger partial charge in [-0.1, -0.05) is 25.5 Å². The lowest BCUT2D eigenvalue weighted by atomic mass is 9.77. The van der Waals surface area contributed by atoms with Crippen LogP contribution in [0.2, 0.25) is 0 Å². The van der Waals surface area contributed by atoms with Crippen molar-refractivity contribution in [1.29, 1.82) is 0 Å². The average Bonchev–Trinajstić information content (AvgIpc) is 2.08. The zero-order valence-corrected chi connectivity index (χ0v) is 7.35. The van der Waals surface area contributed by atoms with Crippen molar-refractivity contribution in [2.45, 2.75) is 27.2 Å². The van der Waals surface area contributed by atoms with E-state index in [0.29, 0.717) is 0 Å². The molecule has 0 radical (unpaired) electrons. The number of carbonyl (C=O) groups excluding carboxylic acids is 1. The predicted octanol–water partition coefficient (Wildman–Crippen LogP) is 1.46. The van der Waals surface area contributed by atoms with E-state index in [-0.39, 0.29) is 17.2 Å². The number of hydrogen-bond donors (Lipinski definition) is 1. The van der Waals surface area contributed by atoms with Crippen molar-refractivity contribution in [3.63, 3.8) is 0 Å². The normalized spacial score (nSPS) is 28.3. The lowest BCUT2D eigenvalue weighted by Gasteiger charge is -2.26. The highest BCUT2D eigenvalue weighted by atomic mass is 16.1. The third-order valence-electron chi connectivity index (χ3n) is 2.89. The third kappa shape index (κ3) is 1.17. The van der Waals surface area contributed by atoms with Crippen LogP contribution < -0.4 is 5.73 Å². The zero-order chi connectivity index (χ0) is 8.65. The van der Waals surface area contributed by atoms with Gasteiger partial charge in [-0.2, -0.15) is 0 Å². The van der Waals surface area contributed by atoms with Gasteiger partial charge >= 0.3 is 0 Å². The fourth-order valence-corrected chi connectivity index (χ4v) is 1.60. The maximum atomic E-state index is 11.0. The second kappa shape index (κ2) is 2.36. The van der Waals surface area contributed by atoms with Crippen LogP contribution in [0.3, 0.4) is 0 Å². The molecule has 1 atom stereocenters. The van der Waals surface area contributed by atoms with E-state index in [2.05, 4.69) is 26.8 Å². The summed E-state index contributed by atoms with van der Waals surface area (Å²) in [6.45, 7) is 6.20. The second-order valence-corrected chi connectivity index (χ2v) is 3.80. The molecular weight excluding hydrogens is 138 g/mol. The topological polar surface area (TPSA) is 43.1 Å². The monoisotopic (exact) mass is 153 g/mol. The van der Waals surface area contributed by atoms with E-state index in [1.54, 1.807) is 0 Å². The summed E-state index contributed by atoms with van der Waals surface area (Å²) in [5.41, 5.74) is 6.52. The summed E-state index contributed by atoms with van der Waals surface area (Å²) >= 11 is 0. The standard InChI is InChI=1S/C9H15NO/c1-6-4-5-7(8(10)11)9(6,2)3/h4,7H,5H2,1-3H3,(H2,10,11). The van der Waals surface area contributed by atoms with Crippen LogP contribution in [0.15, 0.2) is 11.6 Å². The molecule has 2 nitrogen and oxygen atoms in total. The predicted molar refractivity (Wildman–Crippen MR) is 44.8 cm³/mol. The summed E-state index contributed by atoms with van der Waals surface area (Å²) in [7, 11) is 0. The highest BCUT2D eigenvalue weighted by Crippen LogP contribution is 2.42. The van der Waals surface area contributed by atoms with Gasteiger partial charge in [0.15, 0.2) is 0 Å². The first kappa shape index (κ1) is 8.31. The van der Waals surface area contributed by atoms with Gasteiger partial charge in [-0.15, -0.1) is 0 Å². The minimum absolute atomic E-state index is 0.00231. The molecule has 0 spiro atoms. The van der Waals surface area contributed by atoms with Gasteiger partial charge in [0.1, 0.15) is 0 Å². The van der Waals surface area contributed by atoms with Gasteiger partial charge in [-0.05, 0) is 18.8 Å². The number of rotatable bonds is 1. The van der Waals surface area contributed by atoms with Crippen LogP contribution in [0.5, 0.6) is 0 Å². The summed E-state index contributed by atoms with van der Waals surface area (Å²) < 4.78 is 0. The smallest absolute Gasteiger partial charge is 0.221 e. The van der Waals surface area contributed by atoms with E-state index >= 15 is 0 Å². The van der Waals surface area contributed by atoms with Crippen molar-refractivity contribution < 1.29 is 4.79 Å². The molecule has 62 valence electrons. The average molecular weight is 153 g/mol. The molecule has 0 saturated heterocycles. The number of nitrogens with two attached hydrogens (primary N) is 1. The fourth-order valence-electron chi connectivity index (χ4n) is 1.60. The van der Waals surface area contributed by atoms with Gasteiger partial charge in [0.05, 0.1) is 0 Å². The minimum atomic E-state index is -0.178. The molecule has 0 aromatic rings. The third-order valence-corrected chi connectivity index (χ3v) is 2.89. The first-order chi connectivity index (χ1) is 4.96. The van der Waals surface area contributed by atoms with Crippen LogP contribution in [-0.4, -0.2) is 5.91 Å². The molecule has 0 bridgehead atoms.